The Balaban J connectivity index is 1.37. The fourth-order valence-electron chi connectivity index (χ4n) is 3.69. The third kappa shape index (κ3) is 3.82. The average molecular weight is 400 g/mol. The molecule has 1 saturated carbocycles. The van der Waals surface area contributed by atoms with E-state index in [-0.39, 0.29) is 23.8 Å². The van der Waals surface area contributed by atoms with E-state index in [4.69, 9.17) is 10.5 Å². The summed E-state index contributed by atoms with van der Waals surface area (Å²) in [6, 6.07) is 5.74. The third-order valence-electron chi connectivity index (χ3n) is 5.59. The molecule has 9 heteroatoms. The SMILES string of the molecule is Cc1nc(N[C@H]2C[C@@](N)(COc3ccc(F)cc3)C2)nc2c1NC(=O)[C@H](C)N2C. The van der Waals surface area contributed by atoms with Crippen molar-refractivity contribution in [2.45, 2.75) is 44.3 Å². The molecule has 2 heterocycles. The lowest BCUT2D eigenvalue weighted by Gasteiger charge is -2.44. The van der Waals surface area contributed by atoms with Crippen molar-refractivity contribution in [3.05, 3.63) is 35.8 Å². The molecule has 1 aliphatic carbocycles. The zero-order valence-corrected chi connectivity index (χ0v) is 16.7. The minimum Gasteiger partial charge on any atom is -0.492 e. The highest BCUT2D eigenvalue weighted by atomic mass is 19.1. The quantitative estimate of drug-likeness (QED) is 0.705. The largest absolute Gasteiger partial charge is 0.492 e. The molecule has 8 nitrogen and oxygen atoms in total. The smallest absolute Gasteiger partial charge is 0.246 e. The van der Waals surface area contributed by atoms with Crippen molar-refractivity contribution in [1.29, 1.82) is 0 Å². The minimum atomic E-state index is -0.450. The van der Waals surface area contributed by atoms with Gasteiger partial charge in [-0.2, -0.15) is 4.98 Å². The van der Waals surface area contributed by atoms with Gasteiger partial charge < -0.3 is 26.0 Å². The first-order valence-corrected chi connectivity index (χ1v) is 9.60. The molecule has 4 N–H and O–H groups in total. The number of hydrogen-bond donors (Lipinski definition) is 3. The molecule has 1 aromatic heterocycles. The number of nitrogens with one attached hydrogen (secondary N) is 2. The van der Waals surface area contributed by atoms with Crippen LogP contribution in [0.4, 0.5) is 21.8 Å². The number of carbonyl (C=O) groups is 1. The second-order valence-electron chi connectivity index (χ2n) is 7.96. The summed E-state index contributed by atoms with van der Waals surface area (Å²) in [6.07, 6.45) is 1.41. The van der Waals surface area contributed by atoms with E-state index in [0.717, 1.165) is 0 Å². The van der Waals surface area contributed by atoms with E-state index in [2.05, 4.69) is 20.6 Å². The maximum absolute atomic E-state index is 13.0. The van der Waals surface area contributed by atoms with Crippen molar-refractivity contribution >= 4 is 23.4 Å². The highest BCUT2D eigenvalue weighted by molar-refractivity contribution is 6.03. The van der Waals surface area contributed by atoms with Crippen LogP contribution in [0.5, 0.6) is 5.75 Å². The number of ether oxygens (including phenoxy) is 1. The van der Waals surface area contributed by atoms with E-state index >= 15 is 0 Å². The van der Waals surface area contributed by atoms with Crippen molar-refractivity contribution in [1.82, 2.24) is 9.97 Å². The Morgan fingerprint density at radius 2 is 2.03 bits per heavy atom. The molecule has 4 rings (SSSR count). The van der Waals surface area contributed by atoms with Crippen LogP contribution in [0.1, 0.15) is 25.5 Å². The minimum absolute atomic E-state index is 0.0690. The molecular weight excluding hydrogens is 375 g/mol. The standard InChI is InChI=1S/C20H25FN6O2/c1-11-16-17(27(3)12(2)18(28)25-16)26-19(23-11)24-14-8-20(22,9-14)10-29-15-6-4-13(21)5-7-15/h4-7,12,14H,8-10,22H2,1-3H3,(H,25,28)(H,23,24,26)/t12-,14-,20-/m0/s1. The summed E-state index contributed by atoms with van der Waals surface area (Å²) in [5.74, 6) is 1.45. The van der Waals surface area contributed by atoms with Gasteiger partial charge in [0.2, 0.25) is 11.9 Å². The van der Waals surface area contributed by atoms with Gasteiger partial charge in [-0.3, -0.25) is 4.79 Å². The first kappa shape index (κ1) is 19.4. The second kappa shape index (κ2) is 7.14. The van der Waals surface area contributed by atoms with Crippen LogP contribution in [0, 0.1) is 12.7 Å². The number of aryl methyl sites for hydroxylation is 1. The van der Waals surface area contributed by atoms with Crippen LogP contribution in [0.2, 0.25) is 0 Å². The molecule has 0 unspecified atom stereocenters. The summed E-state index contributed by atoms with van der Waals surface area (Å²) in [4.78, 5) is 22.9. The first-order valence-electron chi connectivity index (χ1n) is 9.60. The van der Waals surface area contributed by atoms with E-state index in [1.807, 2.05) is 25.8 Å². The summed E-state index contributed by atoms with van der Waals surface area (Å²) in [5.41, 5.74) is 7.29. The molecule has 0 radical (unpaired) electrons. The number of hydrogen-bond acceptors (Lipinski definition) is 7. The number of benzene rings is 1. The molecular formula is C20H25FN6O2. The van der Waals surface area contributed by atoms with Gasteiger partial charge in [0.25, 0.3) is 0 Å². The van der Waals surface area contributed by atoms with Gasteiger partial charge in [-0.25, -0.2) is 9.37 Å². The van der Waals surface area contributed by atoms with E-state index in [9.17, 15) is 9.18 Å². The number of aromatic nitrogens is 2. The Bertz CT molecular complexity index is 929. The fraction of sp³-hybridized carbons (Fsp3) is 0.450. The second-order valence-corrected chi connectivity index (χ2v) is 7.96. The number of nitrogens with zero attached hydrogens (tertiary/aromatic N) is 3. The van der Waals surface area contributed by atoms with Gasteiger partial charge in [-0.15, -0.1) is 0 Å². The molecule has 0 spiro atoms. The van der Waals surface area contributed by atoms with Crippen molar-refractivity contribution in [3.8, 4) is 5.75 Å². The lowest BCUT2D eigenvalue weighted by atomic mass is 9.74. The topological polar surface area (TPSA) is 105 Å². The molecule has 1 aromatic carbocycles. The van der Waals surface area contributed by atoms with Gasteiger partial charge in [0.15, 0.2) is 5.82 Å². The summed E-state index contributed by atoms with van der Waals surface area (Å²) in [5, 5.41) is 6.20. The number of anilines is 3. The van der Waals surface area contributed by atoms with Crippen LogP contribution in [0.25, 0.3) is 0 Å². The summed E-state index contributed by atoms with van der Waals surface area (Å²) in [6.45, 7) is 4.03. The van der Waals surface area contributed by atoms with Crippen LogP contribution in [-0.4, -0.2) is 47.2 Å². The highest BCUT2D eigenvalue weighted by Gasteiger charge is 2.42. The van der Waals surface area contributed by atoms with Gasteiger partial charge in [-0.05, 0) is 51.0 Å². The number of fused-ring (bicyclic) bond motifs is 1. The molecule has 1 amide bonds. The predicted octanol–water partition coefficient (Wildman–Crippen LogP) is 2.05. The molecule has 29 heavy (non-hydrogen) atoms. The van der Waals surface area contributed by atoms with Crippen molar-refractivity contribution in [2.75, 3.05) is 29.2 Å². The van der Waals surface area contributed by atoms with Gasteiger partial charge in [0.05, 0.1) is 11.2 Å². The third-order valence-corrected chi connectivity index (χ3v) is 5.59. The van der Waals surface area contributed by atoms with Gasteiger partial charge in [0.1, 0.15) is 29.9 Å². The summed E-state index contributed by atoms with van der Waals surface area (Å²) in [7, 11) is 1.85. The van der Waals surface area contributed by atoms with E-state index in [1.165, 1.54) is 12.1 Å². The van der Waals surface area contributed by atoms with Crippen molar-refractivity contribution < 1.29 is 13.9 Å². The van der Waals surface area contributed by atoms with E-state index in [1.54, 1.807) is 12.1 Å². The zero-order valence-electron chi connectivity index (χ0n) is 16.7. The van der Waals surface area contributed by atoms with E-state index < -0.39 is 5.54 Å². The number of likely N-dealkylation sites (N-methyl/N-ethyl adjacent to an activating group) is 1. The highest BCUT2D eigenvalue weighted by Crippen LogP contribution is 2.35. The first-order chi connectivity index (χ1) is 13.7. The number of rotatable bonds is 5. The van der Waals surface area contributed by atoms with E-state index in [0.29, 0.717) is 48.3 Å². The van der Waals surface area contributed by atoms with Crippen molar-refractivity contribution in [2.24, 2.45) is 5.73 Å². The lowest BCUT2D eigenvalue weighted by Crippen LogP contribution is -2.60. The lowest BCUT2D eigenvalue weighted by molar-refractivity contribution is -0.117. The van der Waals surface area contributed by atoms with Crippen LogP contribution in [0.15, 0.2) is 24.3 Å². The monoisotopic (exact) mass is 400 g/mol. The Hall–Kier alpha value is -2.94. The van der Waals surface area contributed by atoms with Crippen LogP contribution < -0.4 is 26.0 Å². The number of carbonyl (C=O) groups excluding carboxylic acids is 1. The van der Waals surface area contributed by atoms with Gasteiger partial charge in [0, 0.05) is 13.1 Å². The normalized spacial score (nSPS) is 25.7. The Morgan fingerprint density at radius 1 is 1.34 bits per heavy atom. The molecule has 0 bridgehead atoms. The summed E-state index contributed by atoms with van der Waals surface area (Å²) >= 11 is 0. The summed E-state index contributed by atoms with van der Waals surface area (Å²) < 4.78 is 18.7. The predicted molar refractivity (Wildman–Crippen MR) is 109 cm³/mol. The van der Waals surface area contributed by atoms with Crippen LogP contribution >= 0.6 is 0 Å². The Kier molecular flexibility index (Phi) is 4.77. The molecule has 0 saturated heterocycles. The van der Waals surface area contributed by atoms with Crippen molar-refractivity contribution in [3.63, 3.8) is 0 Å². The zero-order chi connectivity index (χ0) is 20.8. The van der Waals surface area contributed by atoms with Crippen LogP contribution in [0.3, 0.4) is 0 Å². The Labute approximate surface area is 168 Å². The van der Waals surface area contributed by atoms with Gasteiger partial charge in [-0.1, -0.05) is 0 Å². The molecule has 1 atom stereocenters. The number of halogens is 1. The molecule has 2 aliphatic rings. The maximum Gasteiger partial charge on any atom is 0.246 e. The Morgan fingerprint density at radius 3 is 2.72 bits per heavy atom. The maximum atomic E-state index is 13.0. The molecule has 1 fully saturated rings. The number of amides is 1. The average Bonchev–Trinajstić information content (AvgIpc) is 2.66. The van der Waals surface area contributed by atoms with Gasteiger partial charge >= 0.3 is 0 Å². The number of nitrogens with two attached hydrogens (primary N) is 1. The molecule has 154 valence electrons. The van der Waals surface area contributed by atoms with Crippen LogP contribution in [-0.2, 0) is 4.79 Å². The molecule has 2 aromatic rings. The molecule has 1 aliphatic heterocycles. The fourth-order valence-corrected chi connectivity index (χ4v) is 3.69.